The maximum absolute atomic E-state index is 12.5. The molecule has 30 heavy (non-hydrogen) atoms. The van der Waals surface area contributed by atoms with Gasteiger partial charge in [0.05, 0.1) is 20.3 Å². The fraction of sp³-hybridized carbons (Fsp3) is 0.333. The number of hydrogen-bond donors (Lipinski definition) is 0. The van der Waals surface area contributed by atoms with E-state index in [0.717, 1.165) is 25.7 Å². The molecule has 0 aliphatic carbocycles. The van der Waals surface area contributed by atoms with Gasteiger partial charge in [-0.1, -0.05) is 18.7 Å². The number of ether oxygens (including phenoxy) is 4. The first-order valence-corrected chi connectivity index (χ1v) is 9.92. The van der Waals surface area contributed by atoms with E-state index < -0.39 is 5.97 Å². The Bertz CT molecular complexity index is 841. The van der Waals surface area contributed by atoms with Gasteiger partial charge in [-0.25, -0.2) is 9.59 Å². The smallest absolute Gasteiger partial charge is 0.347 e. The van der Waals surface area contributed by atoms with Crippen LogP contribution in [0.2, 0.25) is 0 Å². The first kappa shape index (κ1) is 23.0. The zero-order chi connectivity index (χ0) is 21.8. The lowest BCUT2D eigenvalue weighted by atomic mass is 10.2. The number of esters is 2. The van der Waals surface area contributed by atoms with Crippen molar-refractivity contribution < 1.29 is 28.5 Å². The van der Waals surface area contributed by atoms with Crippen molar-refractivity contribution in [1.29, 1.82) is 0 Å². The second-order valence-corrected chi connectivity index (χ2v) is 6.74. The summed E-state index contributed by atoms with van der Waals surface area (Å²) in [6.45, 7) is 6.05. The Kier molecular flexibility index (Phi) is 9.45. The van der Waals surface area contributed by atoms with Crippen molar-refractivity contribution in [3.8, 4) is 17.2 Å². The Balaban J connectivity index is 1.74. The van der Waals surface area contributed by atoms with Gasteiger partial charge in [0.2, 0.25) is 0 Å². The van der Waals surface area contributed by atoms with E-state index in [1.54, 1.807) is 56.5 Å². The van der Waals surface area contributed by atoms with E-state index in [1.165, 1.54) is 0 Å². The molecule has 6 nitrogen and oxygen atoms in total. The number of carbonyl (C=O) groups excluding carboxylic acids is 2. The molecule has 0 heterocycles. The summed E-state index contributed by atoms with van der Waals surface area (Å²) in [7, 11) is 1.58. The maximum atomic E-state index is 12.5. The van der Waals surface area contributed by atoms with Gasteiger partial charge in [0.15, 0.2) is 0 Å². The molecule has 0 fully saturated rings. The molecule has 2 aromatic rings. The van der Waals surface area contributed by atoms with Gasteiger partial charge in [0.1, 0.15) is 22.8 Å². The summed E-state index contributed by atoms with van der Waals surface area (Å²) in [5, 5.41) is 0. The molecular weight excluding hydrogens is 384 g/mol. The number of rotatable bonds is 12. The highest BCUT2D eigenvalue weighted by molar-refractivity contribution is 5.94. The number of unbranched alkanes of at least 4 members (excludes halogenated alkanes) is 3. The summed E-state index contributed by atoms with van der Waals surface area (Å²) in [5.74, 6) is 0.786. The molecule has 0 bridgehead atoms. The number of hydrogen-bond acceptors (Lipinski definition) is 6. The molecule has 0 N–H and O–H groups in total. The Labute approximate surface area is 177 Å². The van der Waals surface area contributed by atoms with Gasteiger partial charge in [-0.3, -0.25) is 0 Å². The zero-order valence-corrected chi connectivity index (χ0v) is 17.5. The largest absolute Gasteiger partial charge is 0.497 e. The van der Waals surface area contributed by atoms with Crippen molar-refractivity contribution in [3.05, 3.63) is 66.2 Å². The van der Waals surface area contributed by atoms with Gasteiger partial charge >= 0.3 is 11.9 Å². The van der Waals surface area contributed by atoms with Crippen molar-refractivity contribution in [1.82, 2.24) is 0 Å². The highest BCUT2D eigenvalue weighted by Crippen LogP contribution is 2.22. The zero-order valence-electron chi connectivity index (χ0n) is 17.5. The monoisotopic (exact) mass is 412 g/mol. The molecule has 0 saturated carbocycles. The van der Waals surface area contributed by atoms with Gasteiger partial charge in [-0.05, 0) is 69.0 Å². The predicted molar refractivity (Wildman–Crippen MR) is 114 cm³/mol. The summed E-state index contributed by atoms with van der Waals surface area (Å²) in [6.07, 6.45) is 3.48. The highest BCUT2D eigenvalue weighted by atomic mass is 16.5. The van der Waals surface area contributed by atoms with Gasteiger partial charge in [0, 0.05) is 5.57 Å². The molecule has 0 saturated heterocycles. The number of carbonyl (C=O) groups is 2. The Morgan fingerprint density at radius 1 is 0.867 bits per heavy atom. The van der Waals surface area contributed by atoms with Gasteiger partial charge in [-0.15, -0.1) is 0 Å². The van der Waals surface area contributed by atoms with E-state index >= 15 is 0 Å². The molecule has 160 valence electrons. The molecule has 0 unspecified atom stereocenters. The molecule has 0 spiro atoms. The normalized spacial score (nSPS) is 10.2. The molecule has 2 rings (SSSR count). The number of methoxy groups -OCH3 is 1. The third-order valence-corrected chi connectivity index (χ3v) is 4.25. The van der Waals surface area contributed by atoms with Crippen LogP contribution in [0.1, 0.15) is 43.0 Å². The van der Waals surface area contributed by atoms with Crippen LogP contribution >= 0.6 is 0 Å². The summed E-state index contributed by atoms with van der Waals surface area (Å²) < 4.78 is 21.4. The lowest BCUT2D eigenvalue weighted by molar-refractivity contribution is -0.139. The van der Waals surface area contributed by atoms with Crippen LogP contribution in [0.4, 0.5) is 0 Å². The van der Waals surface area contributed by atoms with E-state index in [1.807, 2.05) is 6.07 Å². The van der Waals surface area contributed by atoms with Crippen LogP contribution in [0, 0.1) is 0 Å². The van der Waals surface area contributed by atoms with Crippen LogP contribution in [0.3, 0.4) is 0 Å². The minimum Gasteiger partial charge on any atom is -0.497 e. The molecule has 0 amide bonds. The van der Waals surface area contributed by atoms with E-state index in [9.17, 15) is 9.59 Å². The molecule has 2 aromatic carbocycles. The van der Waals surface area contributed by atoms with Crippen molar-refractivity contribution in [2.24, 2.45) is 0 Å². The van der Waals surface area contributed by atoms with Crippen molar-refractivity contribution in [2.75, 3.05) is 20.3 Å². The topological polar surface area (TPSA) is 71.1 Å². The molecule has 0 radical (unpaired) electrons. The minimum absolute atomic E-state index is 0.350. The standard InChI is InChI=1S/C24H28O6/c1-18(2)23(25)29-17-9-5-4-8-16-28-22-11-7-6-10-21(22)24(26)30-20-14-12-19(27-3)13-15-20/h6-7,10-15H,1,4-5,8-9,16-17H2,2-3H3. The van der Waals surface area contributed by atoms with Crippen LogP contribution in [-0.4, -0.2) is 32.3 Å². The third-order valence-electron chi connectivity index (χ3n) is 4.25. The van der Waals surface area contributed by atoms with Crippen molar-refractivity contribution in [3.63, 3.8) is 0 Å². The lowest BCUT2D eigenvalue weighted by Gasteiger charge is -2.11. The number of benzene rings is 2. The molecule has 0 aromatic heterocycles. The van der Waals surface area contributed by atoms with Crippen LogP contribution in [0.25, 0.3) is 0 Å². The quantitative estimate of drug-likeness (QED) is 0.212. The van der Waals surface area contributed by atoms with Crippen molar-refractivity contribution >= 4 is 11.9 Å². The minimum atomic E-state index is -0.477. The van der Waals surface area contributed by atoms with Crippen LogP contribution in [0.5, 0.6) is 17.2 Å². The van der Waals surface area contributed by atoms with E-state index in [2.05, 4.69) is 6.58 Å². The van der Waals surface area contributed by atoms with E-state index in [-0.39, 0.29) is 5.97 Å². The van der Waals surface area contributed by atoms with E-state index in [0.29, 0.717) is 41.6 Å². The Morgan fingerprint density at radius 2 is 1.50 bits per heavy atom. The first-order valence-electron chi connectivity index (χ1n) is 9.92. The second-order valence-electron chi connectivity index (χ2n) is 6.74. The molecule has 6 heteroatoms. The van der Waals surface area contributed by atoms with E-state index in [4.69, 9.17) is 18.9 Å². The first-order chi connectivity index (χ1) is 14.5. The summed E-state index contributed by atoms with van der Waals surface area (Å²) in [6, 6.07) is 13.8. The fourth-order valence-electron chi connectivity index (χ4n) is 2.59. The van der Waals surface area contributed by atoms with Gasteiger partial charge in [0.25, 0.3) is 0 Å². The average molecular weight is 412 g/mol. The van der Waals surface area contributed by atoms with Crippen LogP contribution in [0.15, 0.2) is 60.7 Å². The molecule has 0 atom stereocenters. The maximum Gasteiger partial charge on any atom is 0.347 e. The van der Waals surface area contributed by atoms with Gasteiger partial charge in [-0.2, -0.15) is 0 Å². The molecule has 0 aliphatic heterocycles. The van der Waals surface area contributed by atoms with Crippen LogP contribution in [-0.2, 0) is 9.53 Å². The SMILES string of the molecule is C=C(C)C(=O)OCCCCCCOc1ccccc1C(=O)Oc1ccc(OC)cc1. The van der Waals surface area contributed by atoms with Gasteiger partial charge < -0.3 is 18.9 Å². The third kappa shape index (κ3) is 7.62. The molecular formula is C24H28O6. The lowest BCUT2D eigenvalue weighted by Crippen LogP contribution is -2.11. The fourth-order valence-corrected chi connectivity index (χ4v) is 2.59. The average Bonchev–Trinajstić information content (AvgIpc) is 2.76. The summed E-state index contributed by atoms with van der Waals surface area (Å²) in [4.78, 5) is 23.8. The Hall–Kier alpha value is -3.28. The Morgan fingerprint density at radius 3 is 2.17 bits per heavy atom. The highest BCUT2D eigenvalue weighted by Gasteiger charge is 2.14. The summed E-state index contributed by atoms with van der Waals surface area (Å²) in [5.41, 5.74) is 0.785. The van der Waals surface area contributed by atoms with Crippen LogP contribution < -0.4 is 14.2 Å². The second kappa shape index (κ2) is 12.3. The van der Waals surface area contributed by atoms with Crippen molar-refractivity contribution in [2.45, 2.75) is 32.6 Å². The summed E-state index contributed by atoms with van der Waals surface area (Å²) >= 11 is 0. The predicted octanol–water partition coefficient (Wildman–Crippen LogP) is 4.97. The molecule has 0 aliphatic rings. The number of para-hydroxylation sites is 1.